The average molecular weight is 335 g/mol. The fraction of sp³-hybridized carbons (Fsp3) is 0.667. The average Bonchev–Trinajstić information content (AvgIpc) is 2.90. The number of likely N-dealkylation sites (tertiary alicyclic amines) is 1. The van der Waals surface area contributed by atoms with E-state index in [4.69, 9.17) is 4.74 Å². The molecule has 1 aromatic heterocycles. The van der Waals surface area contributed by atoms with Gasteiger partial charge in [0, 0.05) is 24.8 Å². The molecule has 1 aromatic rings. The summed E-state index contributed by atoms with van der Waals surface area (Å²) in [7, 11) is 5.54. The summed E-state index contributed by atoms with van der Waals surface area (Å²) in [6, 6.07) is 0.528. The first kappa shape index (κ1) is 18.5. The Morgan fingerprint density at radius 3 is 2.42 bits per heavy atom. The summed E-state index contributed by atoms with van der Waals surface area (Å²) in [6.45, 7) is 5.36. The second kappa shape index (κ2) is 7.83. The summed E-state index contributed by atoms with van der Waals surface area (Å²) in [4.78, 5) is 32.3. The Labute approximate surface area is 144 Å². The Balaban J connectivity index is 2.25. The Hall–Kier alpha value is -1.82. The zero-order valence-corrected chi connectivity index (χ0v) is 15.4. The molecule has 2 rings (SSSR count). The van der Waals surface area contributed by atoms with E-state index in [1.54, 1.807) is 0 Å². The largest absolute Gasteiger partial charge is 0.465 e. The molecule has 0 spiro atoms. The van der Waals surface area contributed by atoms with E-state index < -0.39 is 0 Å². The Morgan fingerprint density at radius 2 is 1.92 bits per heavy atom. The van der Waals surface area contributed by atoms with Gasteiger partial charge in [0.1, 0.15) is 5.69 Å². The molecule has 0 saturated carbocycles. The summed E-state index contributed by atoms with van der Waals surface area (Å²) in [6.07, 6.45) is 3.51. The lowest BCUT2D eigenvalue weighted by molar-refractivity contribution is 0.0599. The van der Waals surface area contributed by atoms with Gasteiger partial charge in [-0.05, 0) is 45.8 Å². The number of aryl methyl sites for hydroxylation is 1. The quantitative estimate of drug-likeness (QED) is 0.838. The molecule has 0 unspecified atom stereocenters. The molecule has 1 N–H and O–H groups in total. The number of aromatic nitrogens is 1. The number of hydrogen-bond acceptors (Lipinski definition) is 4. The highest BCUT2D eigenvalue weighted by molar-refractivity contribution is 6.00. The molecule has 1 saturated heterocycles. The number of rotatable bonds is 5. The minimum Gasteiger partial charge on any atom is -0.465 e. The fourth-order valence-electron chi connectivity index (χ4n) is 3.48. The summed E-state index contributed by atoms with van der Waals surface area (Å²) in [5.74, 6) is -0.383. The van der Waals surface area contributed by atoms with E-state index in [1.807, 2.05) is 18.7 Å². The highest BCUT2D eigenvalue weighted by Gasteiger charge is 2.30. The van der Waals surface area contributed by atoms with Gasteiger partial charge in [0.25, 0.3) is 5.91 Å². The number of methoxy groups -OCH3 is 1. The van der Waals surface area contributed by atoms with Crippen LogP contribution in [0.15, 0.2) is 0 Å². The lowest BCUT2D eigenvalue weighted by Gasteiger charge is -2.35. The van der Waals surface area contributed by atoms with Gasteiger partial charge in [0.2, 0.25) is 0 Å². The van der Waals surface area contributed by atoms with Crippen LogP contribution >= 0.6 is 0 Å². The van der Waals surface area contributed by atoms with Crippen LogP contribution in [0, 0.1) is 6.92 Å². The maximum Gasteiger partial charge on any atom is 0.339 e. The number of ether oxygens (including phenoxy) is 1. The number of aromatic amines is 1. The van der Waals surface area contributed by atoms with Crippen molar-refractivity contribution in [2.75, 3.05) is 34.3 Å². The number of esters is 1. The molecule has 1 amide bonds. The summed E-state index contributed by atoms with van der Waals surface area (Å²) in [5.41, 5.74) is 2.57. The van der Waals surface area contributed by atoms with E-state index in [-0.39, 0.29) is 11.9 Å². The number of carbonyl (C=O) groups is 2. The van der Waals surface area contributed by atoms with E-state index >= 15 is 0 Å². The molecular formula is C18H29N3O3. The summed E-state index contributed by atoms with van der Waals surface area (Å²) >= 11 is 0. The minimum atomic E-state index is -0.377. The second-order valence-electron chi connectivity index (χ2n) is 6.71. The number of hydrogen-bond donors (Lipinski definition) is 1. The molecule has 24 heavy (non-hydrogen) atoms. The van der Waals surface area contributed by atoms with Gasteiger partial charge in [0.05, 0.1) is 12.7 Å². The van der Waals surface area contributed by atoms with Gasteiger partial charge in [0.15, 0.2) is 0 Å². The molecule has 6 heteroatoms. The second-order valence-corrected chi connectivity index (χ2v) is 6.71. The first-order chi connectivity index (χ1) is 11.4. The predicted molar refractivity (Wildman–Crippen MR) is 93.5 cm³/mol. The third-order valence-electron chi connectivity index (χ3n) is 4.88. The molecule has 2 heterocycles. The van der Waals surface area contributed by atoms with Crippen molar-refractivity contribution in [1.29, 1.82) is 0 Å². The van der Waals surface area contributed by atoms with Gasteiger partial charge in [-0.2, -0.15) is 0 Å². The first-order valence-electron chi connectivity index (χ1n) is 8.66. The van der Waals surface area contributed by atoms with Crippen LogP contribution in [0.1, 0.15) is 58.3 Å². The molecule has 134 valence electrons. The molecule has 1 fully saturated rings. The number of amides is 1. The van der Waals surface area contributed by atoms with Crippen molar-refractivity contribution in [2.24, 2.45) is 0 Å². The van der Waals surface area contributed by atoms with Crippen LogP contribution in [-0.2, 0) is 11.2 Å². The fourth-order valence-corrected chi connectivity index (χ4v) is 3.48. The van der Waals surface area contributed by atoms with E-state index in [0.29, 0.717) is 29.4 Å². The number of nitrogens with one attached hydrogen (secondary N) is 1. The lowest BCUT2D eigenvalue weighted by atomic mass is 10.0. The molecule has 6 nitrogen and oxygen atoms in total. The Bertz CT molecular complexity index is 599. The highest BCUT2D eigenvalue weighted by atomic mass is 16.5. The third-order valence-corrected chi connectivity index (χ3v) is 4.88. The SMILES string of the molecule is CCCc1c(C(=O)N2CCC(N(C)C)CC2)[nH]c(C)c1C(=O)OC. The maximum absolute atomic E-state index is 13.0. The zero-order chi connectivity index (χ0) is 17.9. The van der Waals surface area contributed by atoms with Gasteiger partial charge < -0.3 is 19.5 Å². The van der Waals surface area contributed by atoms with Gasteiger partial charge >= 0.3 is 5.97 Å². The van der Waals surface area contributed by atoms with E-state index in [9.17, 15) is 9.59 Å². The third kappa shape index (κ3) is 3.64. The van der Waals surface area contributed by atoms with Crippen LogP contribution in [0.5, 0.6) is 0 Å². The number of H-pyrrole nitrogens is 1. The molecule has 1 aliphatic rings. The lowest BCUT2D eigenvalue weighted by Crippen LogP contribution is -2.44. The number of piperidine rings is 1. The van der Waals surface area contributed by atoms with Crippen molar-refractivity contribution in [1.82, 2.24) is 14.8 Å². The molecule has 0 aromatic carbocycles. The van der Waals surface area contributed by atoms with Crippen LogP contribution in [-0.4, -0.2) is 67.0 Å². The maximum atomic E-state index is 13.0. The monoisotopic (exact) mass is 335 g/mol. The van der Waals surface area contributed by atoms with Crippen molar-refractivity contribution < 1.29 is 14.3 Å². The molecule has 0 atom stereocenters. The van der Waals surface area contributed by atoms with Crippen molar-refractivity contribution in [3.63, 3.8) is 0 Å². The predicted octanol–water partition coefficient (Wildman–Crippen LogP) is 2.23. The molecule has 1 aliphatic heterocycles. The van der Waals surface area contributed by atoms with E-state index in [0.717, 1.165) is 37.9 Å². The number of nitrogens with zero attached hydrogens (tertiary/aromatic N) is 2. The highest BCUT2D eigenvalue weighted by Crippen LogP contribution is 2.24. The van der Waals surface area contributed by atoms with Crippen molar-refractivity contribution in [3.05, 3.63) is 22.5 Å². The zero-order valence-electron chi connectivity index (χ0n) is 15.4. The summed E-state index contributed by atoms with van der Waals surface area (Å²) < 4.78 is 4.89. The number of carbonyl (C=O) groups excluding carboxylic acids is 2. The van der Waals surface area contributed by atoms with Crippen molar-refractivity contribution in [2.45, 2.75) is 45.6 Å². The molecule has 0 bridgehead atoms. The normalized spacial score (nSPS) is 15.8. The van der Waals surface area contributed by atoms with Crippen molar-refractivity contribution in [3.8, 4) is 0 Å². The Kier molecular flexibility index (Phi) is 6.04. The van der Waals surface area contributed by atoms with Gasteiger partial charge in [-0.25, -0.2) is 4.79 Å². The van der Waals surface area contributed by atoms with Gasteiger partial charge in [-0.1, -0.05) is 13.3 Å². The minimum absolute atomic E-state index is 0.00564. The smallest absolute Gasteiger partial charge is 0.339 e. The van der Waals surface area contributed by atoms with E-state index in [2.05, 4.69) is 24.0 Å². The van der Waals surface area contributed by atoms with Crippen LogP contribution in [0.3, 0.4) is 0 Å². The van der Waals surface area contributed by atoms with Crippen molar-refractivity contribution >= 4 is 11.9 Å². The molecule has 0 radical (unpaired) electrons. The van der Waals surface area contributed by atoms with Crippen LogP contribution in [0.25, 0.3) is 0 Å². The van der Waals surface area contributed by atoms with Crippen LogP contribution < -0.4 is 0 Å². The standard InChI is InChI=1S/C18H29N3O3/c1-6-7-14-15(18(23)24-5)12(2)19-16(14)17(22)21-10-8-13(9-11-21)20(3)4/h13,19H,6-11H2,1-5H3. The van der Waals surface area contributed by atoms with Gasteiger partial charge in [-0.15, -0.1) is 0 Å². The summed E-state index contributed by atoms with van der Waals surface area (Å²) in [5, 5.41) is 0. The van der Waals surface area contributed by atoms with Crippen LogP contribution in [0.2, 0.25) is 0 Å². The Morgan fingerprint density at radius 1 is 1.29 bits per heavy atom. The molecular weight excluding hydrogens is 306 g/mol. The molecule has 0 aliphatic carbocycles. The van der Waals surface area contributed by atoms with Crippen LogP contribution in [0.4, 0.5) is 0 Å². The van der Waals surface area contributed by atoms with Gasteiger partial charge in [-0.3, -0.25) is 4.79 Å². The van der Waals surface area contributed by atoms with E-state index in [1.165, 1.54) is 7.11 Å². The topological polar surface area (TPSA) is 65.6 Å². The first-order valence-corrected chi connectivity index (χ1v) is 8.66.